The third-order valence-electron chi connectivity index (χ3n) is 4.62. The van der Waals surface area contributed by atoms with Gasteiger partial charge in [0.05, 0.1) is 16.6 Å². The van der Waals surface area contributed by atoms with E-state index >= 15 is 0 Å². The summed E-state index contributed by atoms with van der Waals surface area (Å²) in [5.41, 5.74) is 2.55. The molecule has 1 atom stereocenters. The first-order valence-electron chi connectivity index (χ1n) is 8.72. The molecule has 1 aliphatic rings. The number of nitrogens with one attached hydrogen (secondary N) is 1. The van der Waals surface area contributed by atoms with Gasteiger partial charge in [-0.15, -0.1) is 0 Å². The van der Waals surface area contributed by atoms with E-state index in [0.717, 1.165) is 19.5 Å². The highest BCUT2D eigenvalue weighted by atomic mass is 32.2. The van der Waals surface area contributed by atoms with Crippen molar-refractivity contribution in [1.82, 2.24) is 10.2 Å². The van der Waals surface area contributed by atoms with Crippen molar-refractivity contribution >= 4 is 15.9 Å². The summed E-state index contributed by atoms with van der Waals surface area (Å²) in [5, 5.41) is 18.0. The molecule has 3 rings (SSSR count). The standard InChI is InChI=1S/C19H23N3O4S/c20-27(25,26)18-8-4-3-7-17(18)19(24)21-11-16(23)13-22-10-9-14-5-1-2-6-15(14)12-22/h1-8,16,23H,9-13H2,(H,21,24)(H2,20,25,26)/t16-/m0/s1. The Balaban J connectivity index is 1.56. The molecule has 1 amide bonds. The number of primary sulfonamides is 1. The van der Waals surface area contributed by atoms with Crippen LogP contribution < -0.4 is 10.5 Å². The van der Waals surface area contributed by atoms with Crippen LogP contribution in [0.5, 0.6) is 0 Å². The Bertz CT molecular complexity index is 930. The lowest BCUT2D eigenvalue weighted by atomic mass is 10.00. The summed E-state index contributed by atoms with van der Waals surface area (Å²) in [6.07, 6.45) is 0.164. The highest BCUT2D eigenvalue weighted by Crippen LogP contribution is 2.18. The van der Waals surface area contributed by atoms with Crippen LogP contribution in [0.15, 0.2) is 53.4 Å². The molecule has 27 heavy (non-hydrogen) atoms. The highest BCUT2D eigenvalue weighted by molar-refractivity contribution is 7.89. The lowest BCUT2D eigenvalue weighted by molar-refractivity contribution is 0.0839. The maximum atomic E-state index is 12.3. The Morgan fingerprint density at radius 3 is 2.56 bits per heavy atom. The quantitative estimate of drug-likeness (QED) is 0.665. The van der Waals surface area contributed by atoms with Crippen LogP contribution in [0.4, 0.5) is 0 Å². The summed E-state index contributed by atoms with van der Waals surface area (Å²) in [6.45, 7) is 2.05. The van der Waals surface area contributed by atoms with E-state index < -0.39 is 22.0 Å². The molecule has 2 aromatic carbocycles. The van der Waals surface area contributed by atoms with Crippen molar-refractivity contribution in [3.05, 3.63) is 65.2 Å². The van der Waals surface area contributed by atoms with Crippen LogP contribution in [-0.4, -0.2) is 50.1 Å². The molecule has 0 saturated heterocycles. The van der Waals surface area contributed by atoms with Gasteiger partial charge in [-0.3, -0.25) is 9.69 Å². The van der Waals surface area contributed by atoms with E-state index in [9.17, 15) is 18.3 Å². The molecule has 8 heteroatoms. The molecule has 1 heterocycles. The van der Waals surface area contributed by atoms with Gasteiger partial charge in [0.2, 0.25) is 10.0 Å². The third kappa shape index (κ3) is 4.92. The van der Waals surface area contributed by atoms with Gasteiger partial charge in [0.15, 0.2) is 0 Å². The molecule has 0 aliphatic carbocycles. The molecule has 0 fully saturated rings. The molecule has 2 aromatic rings. The number of carbonyl (C=O) groups is 1. The van der Waals surface area contributed by atoms with E-state index in [-0.39, 0.29) is 17.0 Å². The number of hydrogen-bond acceptors (Lipinski definition) is 5. The minimum Gasteiger partial charge on any atom is -0.390 e. The number of β-amino-alcohol motifs (C(OH)–C–C–N with tert-alkyl or cyclic N) is 1. The third-order valence-corrected chi connectivity index (χ3v) is 5.58. The van der Waals surface area contributed by atoms with Crippen molar-refractivity contribution in [2.24, 2.45) is 5.14 Å². The minimum atomic E-state index is -4.00. The molecule has 0 bridgehead atoms. The Hall–Kier alpha value is -2.26. The van der Waals surface area contributed by atoms with E-state index in [1.54, 1.807) is 6.07 Å². The van der Waals surface area contributed by atoms with Gasteiger partial charge in [-0.25, -0.2) is 13.6 Å². The first-order chi connectivity index (χ1) is 12.8. The number of amides is 1. The summed E-state index contributed by atoms with van der Waals surface area (Å²) in [5.74, 6) is -0.581. The molecule has 1 aliphatic heterocycles. The SMILES string of the molecule is NS(=O)(=O)c1ccccc1C(=O)NC[C@H](O)CN1CCc2ccccc2C1. The van der Waals surface area contributed by atoms with Gasteiger partial charge in [-0.05, 0) is 29.7 Å². The normalized spacial score (nSPS) is 15.8. The topological polar surface area (TPSA) is 113 Å². The predicted octanol–water partition coefficient (Wildman–Crippen LogP) is 0.483. The first-order valence-corrected chi connectivity index (χ1v) is 10.3. The van der Waals surface area contributed by atoms with Crippen LogP contribution in [0.3, 0.4) is 0 Å². The fraction of sp³-hybridized carbons (Fsp3) is 0.316. The number of aliphatic hydroxyl groups is 1. The number of hydrogen-bond donors (Lipinski definition) is 3. The van der Waals surface area contributed by atoms with Crippen molar-refractivity contribution in [2.75, 3.05) is 19.6 Å². The van der Waals surface area contributed by atoms with Gasteiger partial charge in [-0.1, -0.05) is 36.4 Å². The van der Waals surface area contributed by atoms with Crippen molar-refractivity contribution in [2.45, 2.75) is 24.0 Å². The van der Waals surface area contributed by atoms with Crippen molar-refractivity contribution in [1.29, 1.82) is 0 Å². The van der Waals surface area contributed by atoms with Crippen LogP contribution in [0.2, 0.25) is 0 Å². The molecule has 144 valence electrons. The monoisotopic (exact) mass is 389 g/mol. The summed E-state index contributed by atoms with van der Waals surface area (Å²) in [6, 6.07) is 14.0. The summed E-state index contributed by atoms with van der Waals surface area (Å²) in [4.78, 5) is 14.2. The fourth-order valence-electron chi connectivity index (χ4n) is 3.28. The van der Waals surface area contributed by atoms with Crippen LogP contribution in [0.25, 0.3) is 0 Å². The van der Waals surface area contributed by atoms with E-state index in [1.807, 2.05) is 12.1 Å². The maximum Gasteiger partial charge on any atom is 0.252 e. The van der Waals surface area contributed by atoms with Gasteiger partial charge in [0, 0.05) is 26.2 Å². The molecule has 0 saturated carbocycles. The lowest BCUT2D eigenvalue weighted by Gasteiger charge is -2.30. The Morgan fingerprint density at radius 1 is 1.15 bits per heavy atom. The second-order valence-corrected chi connectivity index (χ2v) is 8.19. The number of aliphatic hydroxyl groups excluding tert-OH is 1. The second kappa shape index (κ2) is 8.18. The zero-order valence-corrected chi connectivity index (χ0v) is 15.7. The van der Waals surface area contributed by atoms with Gasteiger partial charge >= 0.3 is 0 Å². The lowest BCUT2D eigenvalue weighted by Crippen LogP contribution is -2.42. The predicted molar refractivity (Wildman–Crippen MR) is 102 cm³/mol. The van der Waals surface area contributed by atoms with Gasteiger partial charge in [-0.2, -0.15) is 0 Å². The highest BCUT2D eigenvalue weighted by Gasteiger charge is 2.21. The average molecular weight is 389 g/mol. The molecule has 0 unspecified atom stereocenters. The molecule has 0 radical (unpaired) electrons. The summed E-state index contributed by atoms with van der Waals surface area (Å²) in [7, 11) is -4.00. The molecular formula is C19H23N3O4S. The summed E-state index contributed by atoms with van der Waals surface area (Å²) >= 11 is 0. The van der Waals surface area contributed by atoms with Crippen LogP contribution in [-0.2, 0) is 23.0 Å². The smallest absolute Gasteiger partial charge is 0.252 e. The van der Waals surface area contributed by atoms with Crippen molar-refractivity contribution in [3.8, 4) is 0 Å². The van der Waals surface area contributed by atoms with Gasteiger partial charge < -0.3 is 10.4 Å². The van der Waals surface area contributed by atoms with Crippen molar-refractivity contribution < 1.29 is 18.3 Å². The van der Waals surface area contributed by atoms with Crippen molar-refractivity contribution in [3.63, 3.8) is 0 Å². The number of sulfonamides is 1. The average Bonchev–Trinajstić information content (AvgIpc) is 2.65. The minimum absolute atomic E-state index is 0.0237. The van der Waals surface area contributed by atoms with Crippen LogP contribution in [0, 0.1) is 0 Å². The van der Waals surface area contributed by atoms with Crippen LogP contribution >= 0.6 is 0 Å². The first kappa shape index (κ1) is 19.5. The maximum absolute atomic E-state index is 12.3. The summed E-state index contributed by atoms with van der Waals surface area (Å²) < 4.78 is 23.2. The largest absolute Gasteiger partial charge is 0.390 e. The van der Waals surface area contributed by atoms with Gasteiger partial charge in [0.1, 0.15) is 0 Å². The number of nitrogens with zero attached hydrogens (tertiary/aromatic N) is 1. The Kier molecular flexibility index (Phi) is 5.91. The Morgan fingerprint density at radius 2 is 1.81 bits per heavy atom. The molecular weight excluding hydrogens is 366 g/mol. The van der Waals surface area contributed by atoms with E-state index in [0.29, 0.717) is 6.54 Å². The van der Waals surface area contributed by atoms with E-state index in [4.69, 9.17) is 5.14 Å². The van der Waals surface area contributed by atoms with Crippen LogP contribution in [0.1, 0.15) is 21.5 Å². The van der Waals surface area contributed by atoms with Gasteiger partial charge in [0.25, 0.3) is 5.91 Å². The van der Waals surface area contributed by atoms with E-state index in [1.165, 1.54) is 29.3 Å². The zero-order chi connectivity index (χ0) is 19.4. The second-order valence-electron chi connectivity index (χ2n) is 6.66. The molecule has 0 aromatic heterocycles. The number of carbonyl (C=O) groups excluding carboxylic acids is 1. The fourth-order valence-corrected chi connectivity index (χ4v) is 4.02. The van der Waals surface area contributed by atoms with E-state index in [2.05, 4.69) is 22.3 Å². The number of fused-ring (bicyclic) bond motifs is 1. The molecule has 4 N–H and O–H groups in total. The molecule has 0 spiro atoms. The Labute approximate surface area is 158 Å². The zero-order valence-electron chi connectivity index (χ0n) is 14.8. The molecule has 7 nitrogen and oxygen atoms in total. The number of benzene rings is 2. The number of rotatable bonds is 6. The number of nitrogens with two attached hydrogens (primary N) is 1.